The zero-order valence-electron chi connectivity index (χ0n) is 37.5. The van der Waals surface area contributed by atoms with E-state index in [4.69, 9.17) is 18.9 Å². The standard InChI is InChI=1S/C48H88O11/c1-3-5-7-9-11-13-15-17-18-19-20-21-22-23-25-27-29-31-33-35-37-42(50)58-40(39-57-48-45(53)43(51)44(52)46(59-48)47(54)55)38-56-41(49)36-34-32-30-28-26-24-16-14-12-10-8-6-4-2/h14,16,40,43-46,48,51-53H,3-13,15,17-39H2,1-2H3,(H,54,55)/b16-14-. The van der Waals surface area contributed by atoms with Gasteiger partial charge in [-0.25, -0.2) is 4.79 Å². The molecule has 6 atom stereocenters. The zero-order valence-corrected chi connectivity index (χ0v) is 37.5. The van der Waals surface area contributed by atoms with Crippen LogP contribution in [0.25, 0.3) is 0 Å². The van der Waals surface area contributed by atoms with Crippen molar-refractivity contribution in [2.45, 2.75) is 263 Å². The lowest BCUT2D eigenvalue weighted by Crippen LogP contribution is -2.60. The van der Waals surface area contributed by atoms with E-state index >= 15 is 0 Å². The molecular formula is C48H88O11. The first-order valence-electron chi connectivity index (χ1n) is 24.2. The number of rotatable bonds is 41. The van der Waals surface area contributed by atoms with Gasteiger partial charge in [0, 0.05) is 12.8 Å². The third-order valence-corrected chi connectivity index (χ3v) is 11.4. The first-order valence-corrected chi connectivity index (χ1v) is 24.2. The van der Waals surface area contributed by atoms with E-state index in [0.29, 0.717) is 12.8 Å². The van der Waals surface area contributed by atoms with Crippen LogP contribution in [0.15, 0.2) is 12.2 Å². The average Bonchev–Trinajstić information content (AvgIpc) is 3.22. The van der Waals surface area contributed by atoms with Crippen LogP contribution >= 0.6 is 0 Å². The van der Waals surface area contributed by atoms with E-state index in [2.05, 4.69) is 26.0 Å². The van der Waals surface area contributed by atoms with E-state index in [9.17, 15) is 34.8 Å². The minimum atomic E-state index is -1.86. The van der Waals surface area contributed by atoms with Gasteiger partial charge < -0.3 is 39.4 Å². The van der Waals surface area contributed by atoms with Crippen molar-refractivity contribution >= 4 is 17.9 Å². The van der Waals surface area contributed by atoms with Gasteiger partial charge in [0.2, 0.25) is 0 Å². The van der Waals surface area contributed by atoms with E-state index in [-0.39, 0.29) is 26.1 Å². The molecule has 0 amide bonds. The predicted octanol–water partition coefficient (Wildman–Crippen LogP) is 10.8. The number of aliphatic hydroxyl groups excluding tert-OH is 3. The fourth-order valence-electron chi connectivity index (χ4n) is 7.52. The van der Waals surface area contributed by atoms with Crippen LogP contribution in [0.5, 0.6) is 0 Å². The molecule has 11 heteroatoms. The number of aliphatic hydroxyl groups is 3. The van der Waals surface area contributed by atoms with Crippen LogP contribution in [0.3, 0.4) is 0 Å². The molecule has 0 bridgehead atoms. The van der Waals surface area contributed by atoms with Gasteiger partial charge >= 0.3 is 17.9 Å². The van der Waals surface area contributed by atoms with Crippen LogP contribution < -0.4 is 0 Å². The van der Waals surface area contributed by atoms with Crippen LogP contribution in [-0.2, 0) is 33.3 Å². The van der Waals surface area contributed by atoms with Crippen molar-refractivity contribution in [3.8, 4) is 0 Å². The van der Waals surface area contributed by atoms with E-state index in [1.54, 1.807) is 0 Å². The second kappa shape index (κ2) is 38.8. The molecule has 1 heterocycles. The number of carboxylic acid groups (broad SMARTS) is 1. The molecule has 346 valence electrons. The van der Waals surface area contributed by atoms with Crippen molar-refractivity contribution in [2.24, 2.45) is 0 Å². The number of unbranched alkanes of at least 4 members (excludes halogenated alkanes) is 28. The van der Waals surface area contributed by atoms with Gasteiger partial charge in [-0.2, -0.15) is 0 Å². The van der Waals surface area contributed by atoms with Gasteiger partial charge in [0.15, 0.2) is 18.5 Å². The SMILES string of the molecule is CCCCCC/C=C\CCCCCCCC(=O)OCC(COC1OC(C(=O)O)C(O)C(O)C1O)OC(=O)CCCCCCCCCCCCCCCCCCCCCC. The topological polar surface area (TPSA) is 169 Å². The smallest absolute Gasteiger partial charge is 0.335 e. The second-order valence-corrected chi connectivity index (χ2v) is 17.0. The number of carbonyl (C=O) groups is 3. The molecule has 1 aliphatic heterocycles. The van der Waals surface area contributed by atoms with Crippen LogP contribution in [0, 0.1) is 0 Å². The molecule has 0 saturated carbocycles. The number of carbonyl (C=O) groups excluding carboxylic acids is 2. The molecule has 59 heavy (non-hydrogen) atoms. The average molecular weight is 841 g/mol. The van der Waals surface area contributed by atoms with Crippen LogP contribution in [0.1, 0.15) is 226 Å². The van der Waals surface area contributed by atoms with Crippen LogP contribution in [0.4, 0.5) is 0 Å². The molecule has 1 aliphatic rings. The molecule has 0 spiro atoms. The fraction of sp³-hybridized carbons (Fsp3) is 0.896. The number of aliphatic carboxylic acids is 1. The van der Waals surface area contributed by atoms with E-state index < -0.39 is 54.7 Å². The molecule has 0 aliphatic carbocycles. The van der Waals surface area contributed by atoms with Gasteiger partial charge in [-0.3, -0.25) is 9.59 Å². The van der Waals surface area contributed by atoms with Crippen molar-refractivity contribution in [3.63, 3.8) is 0 Å². The number of allylic oxidation sites excluding steroid dienone is 2. The molecule has 1 saturated heterocycles. The van der Waals surface area contributed by atoms with Gasteiger partial charge in [-0.1, -0.05) is 187 Å². The Morgan fingerprint density at radius 2 is 0.898 bits per heavy atom. The molecule has 6 unspecified atom stereocenters. The highest BCUT2D eigenvalue weighted by molar-refractivity contribution is 5.73. The Bertz CT molecular complexity index is 1040. The van der Waals surface area contributed by atoms with Crippen molar-refractivity contribution in [3.05, 3.63) is 12.2 Å². The molecule has 0 aromatic rings. The van der Waals surface area contributed by atoms with Gasteiger partial charge in [-0.15, -0.1) is 0 Å². The largest absolute Gasteiger partial charge is 0.479 e. The maximum atomic E-state index is 12.8. The lowest BCUT2D eigenvalue weighted by molar-refractivity contribution is -0.298. The van der Waals surface area contributed by atoms with Gasteiger partial charge in [0.1, 0.15) is 24.9 Å². The van der Waals surface area contributed by atoms with Gasteiger partial charge in [0.05, 0.1) is 6.61 Å². The maximum Gasteiger partial charge on any atom is 0.335 e. The van der Waals surface area contributed by atoms with Crippen molar-refractivity contribution in [1.82, 2.24) is 0 Å². The molecule has 1 rings (SSSR count). The van der Waals surface area contributed by atoms with Crippen molar-refractivity contribution in [2.75, 3.05) is 13.2 Å². The molecule has 4 N–H and O–H groups in total. The number of carboxylic acids is 1. The highest BCUT2D eigenvalue weighted by Gasteiger charge is 2.47. The number of hydrogen-bond acceptors (Lipinski definition) is 10. The summed E-state index contributed by atoms with van der Waals surface area (Å²) in [5, 5.41) is 39.8. The summed E-state index contributed by atoms with van der Waals surface area (Å²) >= 11 is 0. The van der Waals surface area contributed by atoms with E-state index in [1.165, 1.54) is 128 Å². The first kappa shape index (κ1) is 55.0. The fourth-order valence-corrected chi connectivity index (χ4v) is 7.52. The first-order chi connectivity index (χ1) is 28.7. The highest BCUT2D eigenvalue weighted by atomic mass is 16.7. The maximum absolute atomic E-state index is 12.8. The summed E-state index contributed by atoms with van der Waals surface area (Å²) in [4.78, 5) is 36.9. The Hall–Kier alpha value is -2.05. The number of esters is 2. The molecule has 1 fully saturated rings. The second-order valence-electron chi connectivity index (χ2n) is 17.0. The Morgan fingerprint density at radius 1 is 0.508 bits per heavy atom. The third kappa shape index (κ3) is 30.6. The Balaban J connectivity index is 2.30. The summed E-state index contributed by atoms with van der Waals surface area (Å²) in [6.07, 6.45) is 32.7. The van der Waals surface area contributed by atoms with E-state index in [1.807, 2.05) is 0 Å². The molecular weight excluding hydrogens is 753 g/mol. The minimum absolute atomic E-state index is 0.187. The summed E-state index contributed by atoms with van der Waals surface area (Å²) in [5.74, 6) is -2.44. The molecule has 11 nitrogen and oxygen atoms in total. The van der Waals surface area contributed by atoms with Crippen LogP contribution in [0.2, 0.25) is 0 Å². The van der Waals surface area contributed by atoms with Gasteiger partial charge in [-0.05, 0) is 38.5 Å². The lowest BCUT2D eigenvalue weighted by Gasteiger charge is -2.38. The normalized spacial score (nSPS) is 19.9. The zero-order chi connectivity index (χ0) is 43.2. The molecule has 0 aromatic heterocycles. The predicted molar refractivity (Wildman–Crippen MR) is 234 cm³/mol. The third-order valence-electron chi connectivity index (χ3n) is 11.4. The monoisotopic (exact) mass is 841 g/mol. The van der Waals surface area contributed by atoms with Gasteiger partial charge in [0.25, 0.3) is 0 Å². The Labute approximate surface area is 358 Å². The number of ether oxygens (including phenoxy) is 4. The summed E-state index contributed by atoms with van der Waals surface area (Å²) in [7, 11) is 0. The van der Waals surface area contributed by atoms with Crippen LogP contribution in [-0.4, -0.2) is 88.4 Å². The minimum Gasteiger partial charge on any atom is -0.479 e. The Kier molecular flexibility index (Phi) is 36.2. The summed E-state index contributed by atoms with van der Waals surface area (Å²) in [6, 6.07) is 0. The Morgan fingerprint density at radius 3 is 1.34 bits per heavy atom. The molecule has 0 aromatic carbocycles. The van der Waals surface area contributed by atoms with Crippen molar-refractivity contribution < 1.29 is 53.8 Å². The van der Waals surface area contributed by atoms with Crippen molar-refractivity contribution in [1.29, 1.82) is 0 Å². The number of hydrogen-bond donors (Lipinski definition) is 4. The highest BCUT2D eigenvalue weighted by Crippen LogP contribution is 2.23. The molecule has 0 radical (unpaired) electrons. The summed E-state index contributed by atoms with van der Waals surface area (Å²) < 4.78 is 21.8. The quantitative estimate of drug-likeness (QED) is 0.0263. The summed E-state index contributed by atoms with van der Waals surface area (Å²) in [5.41, 5.74) is 0. The van der Waals surface area contributed by atoms with E-state index in [0.717, 1.165) is 57.8 Å². The lowest BCUT2D eigenvalue weighted by atomic mass is 9.99. The summed E-state index contributed by atoms with van der Waals surface area (Å²) in [6.45, 7) is 3.82.